The van der Waals surface area contributed by atoms with Crippen LogP contribution in [-0.4, -0.2) is 67.3 Å². The number of benzene rings is 1. The molecule has 1 fully saturated rings. The third kappa shape index (κ3) is 4.36. The fourth-order valence-electron chi connectivity index (χ4n) is 2.84. The van der Waals surface area contributed by atoms with Gasteiger partial charge in [0.25, 0.3) is 5.91 Å². The highest BCUT2D eigenvalue weighted by Crippen LogP contribution is 2.25. The number of amides is 1. The van der Waals surface area contributed by atoms with E-state index in [0.717, 1.165) is 11.1 Å². The van der Waals surface area contributed by atoms with Crippen LogP contribution in [0.2, 0.25) is 0 Å². The van der Waals surface area contributed by atoms with E-state index >= 15 is 0 Å². The largest absolute Gasteiger partial charge is 0.383 e. The molecule has 0 bridgehead atoms. The van der Waals surface area contributed by atoms with E-state index in [0.29, 0.717) is 56.7 Å². The normalized spacial score (nSPS) is 14.3. The Hall–Kier alpha value is -2.51. The van der Waals surface area contributed by atoms with E-state index in [4.69, 9.17) is 9.47 Å². The molecule has 7 nitrogen and oxygen atoms in total. The van der Waals surface area contributed by atoms with Crippen molar-refractivity contribution >= 4 is 11.9 Å². The maximum Gasteiger partial charge on any atom is 0.257 e. The molecule has 0 radical (unpaired) electrons. The molecule has 0 atom stereocenters. The van der Waals surface area contributed by atoms with E-state index in [-0.39, 0.29) is 5.91 Å². The summed E-state index contributed by atoms with van der Waals surface area (Å²) in [7, 11) is 1.64. The molecule has 1 aromatic heterocycles. The number of aromatic nitrogens is 2. The number of morpholine rings is 1. The second kappa shape index (κ2) is 8.73. The topological polar surface area (TPSA) is 76.6 Å². The number of hydrogen-bond donors (Lipinski definition) is 1. The molecule has 1 aliphatic rings. The standard InChI is InChI=1S/C19H24N4O3/c1-14-4-3-5-15(12-14)17-16(18(24)23-7-10-26-11-8-23)13-21-19(22-17)20-6-9-25-2/h3-5,12-13H,6-11H2,1-2H3,(H,20,21,22). The third-order valence-corrected chi connectivity index (χ3v) is 4.20. The van der Waals surface area contributed by atoms with Crippen LogP contribution in [0, 0.1) is 6.92 Å². The summed E-state index contributed by atoms with van der Waals surface area (Å²) in [5.74, 6) is 0.422. The Balaban J connectivity index is 1.95. The Labute approximate surface area is 153 Å². The van der Waals surface area contributed by atoms with Crippen LogP contribution < -0.4 is 5.32 Å². The fourth-order valence-corrected chi connectivity index (χ4v) is 2.84. The predicted molar refractivity (Wildman–Crippen MR) is 99.3 cm³/mol. The van der Waals surface area contributed by atoms with Gasteiger partial charge in [-0.2, -0.15) is 0 Å². The summed E-state index contributed by atoms with van der Waals surface area (Å²) in [5.41, 5.74) is 3.16. The van der Waals surface area contributed by atoms with Crippen molar-refractivity contribution in [3.05, 3.63) is 41.6 Å². The van der Waals surface area contributed by atoms with Crippen LogP contribution in [0.4, 0.5) is 5.95 Å². The van der Waals surface area contributed by atoms with E-state index in [1.807, 2.05) is 31.2 Å². The van der Waals surface area contributed by atoms with Crippen molar-refractivity contribution in [1.29, 1.82) is 0 Å². The van der Waals surface area contributed by atoms with Gasteiger partial charge in [-0.05, 0) is 13.0 Å². The molecule has 0 spiro atoms. The molecule has 1 aliphatic heterocycles. The quantitative estimate of drug-likeness (QED) is 0.798. The van der Waals surface area contributed by atoms with Crippen LogP contribution in [0.3, 0.4) is 0 Å². The van der Waals surface area contributed by atoms with Crippen LogP contribution in [0.25, 0.3) is 11.3 Å². The van der Waals surface area contributed by atoms with E-state index < -0.39 is 0 Å². The summed E-state index contributed by atoms with van der Waals surface area (Å²) in [4.78, 5) is 23.7. The Bertz CT molecular complexity index is 760. The van der Waals surface area contributed by atoms with Crippen LogP contribution in [-0.2, 0) is 9.47 Å². The first-order chi connectivity index (χ1) is 12.7. The van der Waals surface area contributed by atoms with Crippen LogP contribution in [0.1, 0.15) is 15.9 Å². The van der Waals surface area contributed by atoms with Crippen molar-refractivity contribution in [3.8, 4) is 11.3 Å². The average Bonchev–Trinajstić information content (AvgIpc) is 2.68. The van der Waals surface area contributed by atoms with Crippen molar-refractivity contribution in [3.63, 3.8) is 0 Å². The SMILES string of the molecule is COCCNc1ncc(C(=O)N2CCOCC2)c(-c2cccc(C)c2)n1. The van der Waals surface area contributed by atoms with Gasteiger partial charge in [-0.25, -0.2) is 9.97 Å². The number of aryl methyl sites for hydroxylation is 1. The Morgan fingerprint density at radius 3 is 2.88 bits per heavy atom. The molecule has 138 valence electrons. The number of anilines is 1. The summed E-state index contributed by atoms with van der Waals surface area (Å²) in [6, 6.07) is 7.97. The molecular weight excluding hydrogens is 332 g/mol. The summed E-state index contributed by atoms with van der Waals surface area (Å²) < 4.78 is 10.4. The molecule has 1 N–H and O–H groups in total. The van der Waals surface area contributed by atoms with Gasteiger partial charge in [0.1, 0.15) is 0 Å². The molecule has 2 heterocycles. The number of methoxy groups -OCH3 is 1. The molecule has 7 heteroatoms. The highest BCUT2D eigenvalue weighted by Gasteiger charge is 2.23. The molecule has 0 saturated carbocycles. The van der Waals surface area contributed by atoms with Gasteiger partial charge in [0, 0.05) is 38.5 Å². The molecule has 1 aromatic carbocycles. The molecule has 2 aromatic rings. The summed E-state index contributed by atoms with van der Waals surface area (Å²) in [6.45, 7) is 5.45. The van der Waals surface area contributed by atoms with E-state index in [1.165, 1.54) is 0 Å². The Kier molecular flexibility index (Phi) is 6.14. The monoisotopic (exact) mass is 356 g/mol. The lowest BCUT2D eigenvalue weighted by atomic mass is 10.0. The zero-order valence-corrected chi connectivity index (χ0v) is 15.2. The highest BCUT2D eigenvalue weighted by molar-refractivity contribution is 5.99. The first kappa shape index (κ1) is 18.3. The number of nitrogens with one attached hydrogen (secondary N) is 1. The lowest BCUT2D eigenvalue weighted by Gasteiger charge is -2.27. The molecule has 0 aliphatic carbocycles. The minimum atomic E-state index is -0.0618. The van der Waals surface area contributed by atoms with Crippen molar-refractivity contribution in [2.45, 2.75) is 6.92 Å². The number of ether oxygens (including phenoxy) is 2. The lowest BCUT2D eigenvalue weighted by molar-refractivity contribution is 0.0303. The van der Waals surface area contributed by atoms with Gasteiger partial charge < -0.3 is 19.7 Å². The first-order valence-corrected chi connectivity index (χ1v) is 8.73. The number of rotatable bonds is 6. The van der Waals surface area contributed by atoms with Crippen molar-refractivity contribution < 1.29 is 14.3 Å². The van der Waals surface area contributed by atoms with Crippen molar-refractivity contribution in [2.75, 3.05) is 51.9 Å². The maximum atomic E-state index is 13.0. The van der Waals surface area contributed by atoms with Gasteiger partial charge in [-0.3, -0.25) is 4.79 Å². The molecule has 1 saturated heterocycles. The zero-order chi connectivity index (χ0) is 18.4. The molecule has 1 amide bonds. The molecule has 3 rings (SSSR count). The number of carbonyl (C=O) groups excluding carboxylic acids is 1. The van der Waals surface area contributed by atoms with E-state index in [9.17, 15) is 4.79 Å². The first-order valence-electron chi connectivity index (χ1n) is 8.73. The molecule has 26 heavy (non-hydrogen) atoms. The smallest absolute Gasteiger partial charge is 0.257 e. The predicted octanol–water partition coefficient (Wildman–Crippen LogP) is 1.98. The van der Waals surface area contributed by atoms with Gasteiger partial charge in [0.15, 0.2) is 0 Å². The maximum absolute atomic E-state index is 13.0. The summed E-state index contributed by atoms with van der Waals surface area (Å²) in [6.07, 6.45) is 1.61. The van der Waals surface area contributed by atoms with Gasteiger partial charge in [0.2, 0.25) is 5.95 Å². The van der Waals surface area contributed by atoms with E-state index in [1.54, 1.807) is 18.2 Å². The van der Waals surface area contributed by atoms with Crippen molar-refractivity contribution in [2.24, 2.45) is 0 Å². The second-order valence-electron chi connectivity index (χ2n) is 6.15. The Morgan fingerprint density at radius 2 is 2.15 bits per heavy atom. The van der Waals surface area contributed by atoms with Crippen molar-refractivity contribution in [1.82, 2.24) is 14.9 Å². The lowest BCUT2D eigenvalue weighted by Crippen LogP contribution is -2.41. The fraction of sp³-hybridized carbons (Fsp3) is 0.421. The number of hydrogen-bond acceptors (Lipinski definition) is 6. The van der Waals surface area contributed by atoms with Gasteiger partial charge in [-0.1, -0.05) is 23.8 Å². The highest BCUT2D eigenvalue weighted by atomic mass is 16.5. The van der Waals surface area contributed by atoms with Crippen LogP contribution in [0.15, 0.2) is 30.5 Å². The summed E-state index contributed by atoms with van der Waals surface area (Å²) >= 11 is 0. The van der Waals surface area contributed by atoms with E-state index in [2.05, 4.69) is 15.3 Å². The van der Waals surface area contributed by atoms with Crippen LogP contribution >= 0.6 is 0 Å². The average molecular weight is 356 g/mol. The molecular formula is C19H24N4O3. The van der Waals surface area contributed by atoms with Crippen LogP contribution in [0.5, 0.6) is 0 Å². The minimum Gasteiger partial charge on any atom is -0.383 e. The minimum absolute atomic E-state index is 0.0618. The zero-order valence-electron chi connectivity index (χ0n) is 15.2. The van der Waals surface area contributed by atoms with Gasteiger partial charge >= 0.3 is 0 Å². The van der Waals surface area contributed by atoms with Gasteiger partial charge in [-0.15, -0.1) is 0 Å². The number of carbonyl (C=O) groups is 1. The third-order valence-electron chi connectivity index (χ3n) is 4.20. The van der Waals surface area contributed by atoms with Gasteiger partial charge in [0.05, 0.1) is 31.1 Å². The second-order valence-corrected chi connectivity index (χ2v) is 6.15. The number of nitrogens with zero attached hydrogens (tertiary/aromatic N) is 3. The Morgan fingerprint density at radius 1 is 1.35 bits per heavy atom. The summed E-state index contributed by atoms with van der Waals surface area (Å²) in [5, 5.41) is 3.12. The molecule has 0 unspecified atom stereocenters.